The van der Waals surface area contributed by atoms with Crippen LogP contribution in [0.5, 0.6) is 11.5 Å². The second kappa shape index (κ2) is 18.2. The number of hydrogen-bond donors (Lipinski definition) is 2. The zero-order chi connectivity index (χ0) is 48.1. The standard InChI is InChI=1S/C51H44F4N12O2/c1-28-15-29(23-64(2)3)5-7-34(28)40-21-60-51(66-26-32(17-56)62-48(40)66)59-20-39-37-12-14-69-47(37)31(16-43(39)53)25-65(4)24-30-6-8-36(46(55)45(30)54)41-22-61-50(67-27-33(18-57)63-49(41)67)58-19-38-35-11-13-68-44(35)10-9-42(38)52/h5-10,15-16,21-22,26-27H,11-14,19-20,23-25H2,1-4H3,(H,58,61)(H,59,60). The van der Waals surface area contributed by atoms with Crippen molar-refractivity contribution in [1.82, 2.24) is 38.5 Å². The van der Waals surface area contributed by atoms with E-state index in [1.54, 1.807) is 34.8 Å². The lowest BCUT2D eigenvalue weighted by Crippen LogP contribution is -2.19. The third-order valence-electron chi connectivity index (χ3n) is 12.5. The molecule has 0 spiro atoms. The van der Waals surface area contributed by atoms with E-state index in [0.29, 0.717) is 71.4 Å². The fourth-order valence-electron chi connectivity index (χ4n) is 9.38. The average molecular weight is 933 g/mol. The third-order valence-corrected chi connectivity index (χ3v) is 12.5. The Morgan fingerprint density at radius 3 is 1.93 bits per heavy atom. The van der Waals surface area contributed by atoms with Gasteiger partial charge in [0.1, 0.15) is 35.3 Å². The van der Waals surface area contributed by atoms with E-state index in [4.69, 9.17) is 14.5 Å². The highest BCUT2D eigenvalue weighted by Crippen LogP contribution is 2.38. The number of nitriles is 2. The van der Waals surface area contributed by atoms with Gasteiger partial charge in [-0.15, -0.1) is 0 Å². The molecule has 0 radical (unpaired) electrons. The second-order valence-electron chi connectivity index (χ2n) is 17.5. The molecule has 10 rings (SSSR count). The molecule has 8 aromatic rings. The van der Waals surface area contributed by atoms with Gasteiger partial charge < -0.3 is 25.0 Å². The van der Waals surface area contributed by atoms with Crippen LogP contribution < -0.4 is 20.1 Å². The maximum Gasteiger partial charge on any atom is 0.208 e. The zero-order valence-corrected chi connectivity index (χ0v) is 38.1. The summed E-state index contributed by atoms with van der Waals surface area (Å²) in [6.45, 7) is 3.85. The van der Waals surface area contributed by atoms with Crippen LogP contribution in [-0.2, 0) is 45.6 Å². The van der Waals surface area contributed by atoms with Crippen LogP contribution >= 0.6 is 0 Å². The molecule has 0 atom stereocenters. The monoisotopic (exact) mass is 932 g/mol. The first kappa shape index (κ1) is 44.8. The first-order valence-corrected chi connectivity index (χ1v) is 22.2. The van der Waals surface area contributed by atoms with Crippen LogP contribution in [0.15, 0.2) is 73.3 Å². The predicted octanol–water partition coefficient (Wildman–Crippen LogP) is 8.50. The predicted molar refractivity (Wildman–Crippen MR) is 249 cm³/mol. The largest absolute Gasteiger partial charge is 0.493 e. The molecule has 0 saturated heterocycles. The zero-order valence-electron chi connectivity index (χ0n) is 38.1. The van der Waals surface area contributed by atoms with Crippen molar-refractivity contribution in [2.75, 3.05) is 45.0 Å². The third kappa shape index (κ3) is 8.38. The Balaban J connectivity index is 0.856. The van der Waals surface area contributed by atoms with E-state index in [1.165, 1.54) is 41.1 Å². The number of fused-ring (bicyclic) bond motifs is 4. The molecule has 4 aromatic carbocycles. The highest BCUT2D eigenvalue weighted by molar-refractivity contribution is 5.81. The van der Waals surface area contributed by atoms with Crippen LogP contribution in [0.25, 0.3) is 33.5 Å². The molecule has 0 amide bonds. The number of rotatable bonds is 14. The van der Waals surface area contributed by atoms with E-state index < -0.39 is 23.3 Å². The minimum atomic E-state index is -1.13. The molecule has 0 saturated carbocycles. The van der Waals surface area contributed by atoms with Crippen LogP contribution in [0, 0.1) is 52.9 Å². The molecule has 2 aliphatic rings. The van der Waals surface area contributed by atoms with Crippen LogP contribution in [0.4, 0.5) is 29.5 Å². The number of nitrogens with zero attached hydrogens (tertiary/aromatic N) is 10. The molecule has 0 bridgehead atoms. The smallest absolute Gasteiger partial charge is 0.208 e. The van der Waals surface area contributed by atoms with Gasteiger partial charge in [-0.1, -0.05) is 30.3 Å². The molecule has 6 heterocycles. The first-order chi connectivity index (χ1) is 33.4. The summed E-state index contributed by atoms with van der Waals surface area (Å²) in [5.41, 5.74) is 7.70. The van der Waals surface area contributed by atoms with Crippen LogP contribution in [0.2, 0.25) is 0 Å². The Bertz CT molecular complexity index is 3450. The van der Waals surface area contributed by atoms with Crippen molar-refractivity contribution in [1.29, 1.82) is 10.5 Å². The summed E-state index contributed by atoms with van der Waals surface area (Å²) >= 11 is 0. The maximum atomic E-state index is 16.2. The number of aromatic nitrogens is 6. The maximum absolute atomic E-state index is 16.2. The molecule has 69 heavy (non-hydrogen) atoms. The number of ether oxygens (including phenoxy) is 2. The lowest BCUT2D eigenvalue weighted by molar-refractivity contribution is 0.298. The van der Waals surface area contributed by atoms with E-state index in [2.05, 4.69) is 48.7 Å². The van der Waals surface area contributed by atoms with Crippen LogP contribution in [0.1, 0.15) is 55.9 Å². The Labute approximate surface area is 394 Å². The van der Waals surface area contributed by atoms with Crippen molar-refractivity contribution in [3.05, 3.63) is 152 Å². The van der Waals surface area contributed by atoms with Crippen LogP contribution in [-0.4, -0.2) is 72.9 Å². The summed E-state index contributed by atoms with van der Waals surface area (Å²) in [6, 6.07) is 17.6. The number of hydrogen-bond acceptors (Lipinski definition) is 12. The molecule has 4 aromatic heterocycles. The van der Waals surface area contributed by atoms with E-state index in [0.717, 1.165) is 34.4 Å². The minimum Gasteiger partial charge on any atom is -0.493 e. The number of halogens is 4. The van der Waals surface area contributed by atoms with Gasteiger partial charge in [-0.05, 0) is 63.0 Å². The van der Waals surface area contributed by atoms with Gasteiger partial charge in [0.05, 0.1) is 25.6 Å². The Hall–Kier alpha value is -8.06. The Morgan fingerprint density at radius 2 is 1.28 bits per heavy atom. The normalized spacial score (nSPS) is 12.9. The highest BCUT2D eigenvalue weighted by atomic mass is 19.2. The SMILES string of the molecule is Cc1cc(CN(C)C)ccc1-c1cnc(NCc2c(F)cc(CN(C)Cc3ccc(-c4cnc(NCc5c(F)ccc6c5CCO6)n5cc(C#N)nc45)c(F)c3F)c3c2CCO3)n2cc(C#N)nc12. The van der Waals surface area contributed by atoms with E-state index in [9.17, 15) is 14.9 Å². The van der Waals surface area contributed by atoms with Crippen LogP contribution in [0.3, 0.4) is 0 Å². The Morgan fingerprint density at radius 1 is 0.667 bits per heavy atom. The number of aryl methyl sites for hydroxylation is 1. The van der Waals surface area contributed by atoms with Crippen molar-refractivity contribution < 1.29 is 27.0 Å². The summed E-state index contributed by atoms with van der Waals surface area (Å²) < 4.78 is 78.1. The molecule has 0 fully saturated rings. The fourth-order valence-corrected chi connectivity index (χ4v) is 9.38. The molecule has 18 heteroatoms. The van der Waals surface area contributed by atoms with Crippen molar-refractivity contribution in [3.8, 4) is 45.9 Å². The molecular formula is C51H44F4N12O2. The van der Waals surface area contributed by atoms with Gasteiger partial charge in [0, 0.05) is 108 Å². The number of imidazole rings is 2. The molecular weight excluding hydrogens is 889 g/mol. The van der Waals surface area contributed by atoms with E-state index in [-0.39, 0.29) is 65.9 Å². The number of anilines is 2. The molecule has 0 aliphatic carbocycles. The van der Waals surface area contributed by atoms with Crippen molar-refractivity contribution in [2.24, 2.45) is 0 Å². The molecule has 14 nitrogen and oxygen atoms in total. The summed E-state index contributed by atoms with van der Waals surface area (Å²) in [5.74, 6) is -1.34. The van der Waals surface area contributed by atoms with Gasteiger partial charge >= 0.3 is 0 Å². The van der Waals surface area contributed by atoms with Gasteiger partial charge in [0.15, 0.2) is 34.3 Å². The van der Waals surface area contributed by atoms with Crippen molar-refractivity contribution in [2.45, 2.75) is 52.5 Å². The molecule has 0 unspecified atom stereocenters. The lowest BCUT2D eigenvalue weighted by atomic mass is 9.99. The first-order valence-electron chi connectivity index (χ1n) is 22.2. The Kier molecular flexibility index (Phi) is 11.8. The van der Waals surface area contributed by atoms with Gasteiger partial charge in [0.25, 0.3) is 0 Å². The lowest BCUT2D eigenvalue weighted by Gasteiger charge is -2.21. The molecule has 2 aliphatic heterocycles. The summed E-state index contributed by atoms with van der Waals surface area (Å²) in [4.78, 5) is 21.9. The quantitative estimate of drug-likeness (QED) is 0.100. The van der Waals surface area contributed by atoms with E-state index in [1.807, 2.05) is 33.2 Å². The minimum absolute atomic E-state index is 0.0177. The van der Waals surface area contributed by atoms with E-state index >= 15 is 13.2 Å². The van der Waals surface area contributed by atoms with Gasteiger partial charge in [-0.3, -0.25) is 13.7 Å². The number of nitrogens with one attached hydrogen (secondary N) is 2. The van der Waals surface area contributed by atoms with Gasteiger partial charge in [0.2, 0.25) is 11.9 Å². The summed E-state index contributed by atoms with van der Waals surface area (Å²) in [5, 5.41) is 25.9. The van der Waals surface area contributed by atoms with Crippen molar-refractivity contribution in [3.63, 3.8) is 0 Å². The average Bonchev–Trinajstić information content (AvgIpc) is 4.17. The number of benzene rings is 4. The molecule has 348 valence electrons. The van der Waals surface area contributed by atoms with Gasteiger partial charge in [-0.2, -0.15) is 10.5 Å². The fraction of sp³-hybridized carbons (Fsp3) is 0.255. The second-order valence-corrected chi connectivity index (χ2v) is 17.5. The summed E-state index contributed by atoms with van der Waals surface area (Å²) in [7, 11) is 5.75. The van der Waals surface area contributed by atoms with Crippen molar-refractivity contribution >= 4 is 23.2 Å². The van der Waals surface area contributed by atoms with Gasteiger partial charge in [-0.25, -0.2) is 37.5 Å². The molecule has 2 N–H and O–H groups in total. The highest BCUT2D eigenvalue weighted by Gasteiger charge is 2.27. The topological polar surface area (TPSA) is 157 Å². The summed E-state index contributed by atoms with van der Waals surface area (Å²) in [6.07, 6.45) is 7.08.